The number of ether oxygens (including phenoxy) is 2. The number of ketones is 1. The summed E-state index contributed by atoms with van der Waals surface area (Å²) in [5, 5.41) is 11.2. The number of halogens is 1. The number of anilines is 1. The molecule has 1 aliphatic rings. The zero-order chi connectivity index (χ0) is 25.1. The molecule has 35 heavy (non-hydrogen) atoms. The first-order valence-electron chi connectivity index (χ1n) is 11.4. The minimum atomic E-state index is -0.909. The van der Waals surface area contributed by atoms with E-state index >= 15 is 0 Å². The van der Waals surface area contributed by atoms with Gasteiger partial charge in [-0.1, -0.05) is 18.2 Å². The minimum Gasteiger partial charge on any atom is -0.507 e. The van der Waals surface area contributed by atoms with Crippen LogP contribution in [0.25, 0.3) is 5.76 Å². The summed E-state index contributed by atoms with van der Waals surface area (Å²) in [5.74, 6) is -1.22. The summed E-state index contributed by atoms with van der Waals surface area (Å²) in [6.45, 7) is 6.22. The third-order valence-electron chi connectivity index (χ3n) is 5.79. The molecule has 6 nitrogen and oxygen atoms in total. The van der Waals surface area contributed by atoms with Gasteiger partial charge >= 0.3 is 0 Å². The summed E-state index contributed by atoms with van der Waals surface area (Å²) in [5.41, 5.74) is 1.54. The molecule has 1 heterocycles. The van der Waals surface area contributed by atoms with E-state index in [9.17, 15) is 19.1 Å². The Balaban J connectivity index is 1.90. The van der Waals surface area contributed by atoms with E-state index in [-0.39, 0.29) is 16.9 Å². The Morgan fingerprint density at radius 3 is 2.29 bits per heavy atom. The Labute approximate surface area is 203 Å². The number of nitrogens with zero attached hydrogens (tertiary/aromatic N) is 1. The van der Waals surface area contributed by atoms with Crippen molar-refractivity contribution in [1.82, 2.24) is 0 Å². The first kappa shape index (κ1) is 24.0. The first-order valence-corrected chi connectivity index (χ1v) is 11.4. The van der Waals surface area contributed by atoms with Crippen LogP contribution in [0.15, 0.2) is 72.3 Å². The maximum Gasteiger partial charge on any atom is 0.300 e. The Bertz CT molecular complexity index is 1300. The molecule has 1 atom stereocenters. The van der Waals surface area contributed by atoms with Crippen molar-refractivity contribution in [2.75, 3.05) is 18.1 Å². The van der Waals surface area contributed by atoms with Crippen LogP contribution in [-0.4, -0.2) is 30.0 Å². The molecule has 1 fully saturated rings. The van der Waals surface area contributed by atoms with Gasteiger partial charge in [-0.05, 0) is 74.4 Å². The van der Waals surface area contributed by atoms with Crippen molar-refractivity contribution < 1.29 is 28.6 Å². The number of aliphatic hydroxyl groups excluding tert-OH is 1. The number of benzene rings is 3. The lowest BCUT2D eigenvalue weighted by atomic mass is 9.94. The van der Waals surface area contributed by atoms with E-state index < -0.39 is 23.5 Å². The SMILES string of the molecule is CCOc1ccc(C2/C(=C(\O)c3ccc(F)c(C)c3)C(=O)C(=O)N2c2cccc(OCC)c2)cc1. The summed E-state index contributed by atoms with van der Waals surface area (Å²) < 4.78 is 25.0. The molecule has 0 radical (unpaired) electrons. The number of amides is 1. The normalized spacial score (nSPS) is 17.0. The molecule has 7 heteroatoms. The molecule has 0 aliphatic carbocycles. The van der Waals surface area contributed by atoms with E-state index in [1.165, 1.54) is 23.1 Å². The fourth-order valence-corrected chi connectivity index (χ4v) is 4.16. The number of Topliss-reactive ketones (excluding diaryl/α,β-unsaturated/α-hetero) is 1. The molecule has 0 saturated carbocycles. The Morgan fingerprint density at radius 2 is 1.63 bits per heavy atom. The van der Waals surface area contributed by atoms with Crippen LogP contribution in [0.5, 0.6) is 11.5 Å². The van der Waals surface area contributed by atoms with Crippen LogP contribution in [0.1, 0.15) is 36.6 Å². The quantitative estimate of drug-likeness (QED) is 0.275. The third-order valence-corrected chi connectivity index (χ3v) is 5.79. The van der Waals surface area contributed by atoms with Crippen molar-refractivity contribution in [3.05, 3.63) is 94.8 Å². The van der Waals surface area contributed by atoms with Gasteiger partial charge in [0.05, 0.1) is 24.8 Å². The first-order chi connectivity index (χ1) is 16.8. The lowest BCUT2D eigenvalue weighted by molar-refractivity contribution is -0.132. The van der Waals surface area contributed by atoms with E-state index in [2.05, 4.69) is 0 Å². The summed E-state index contributed by atoms with van der Waals surface area (Å²) in [4.78, 5) is 27.9. The van der Waals surface area contributed by atoms with Crippen LogP contribution in [0, 0.1) is 12.7 Å². The van der Waals surface area contributed by atoms with Gasteiger partial charge in [-0.25, -0.2) is 4.39 Å². The molecule has 1 unspecified atom stereocenters. The van der Waals surface area contributed by atoms with Crippen molar-refractivity contribution in [2.24, 2.45) is 0 Å². The highest BCUT2D eigenvalue weighted by atomic mass is 19.1. The van der Waals surface area contributed by atoms with Gasteiger partial charge in [0.1, 0.15) is 23.1 Å². The van der Waals surface area contributed by atoms with Gasteiger partial charge in [-0.3, -0.25) is 14.5 Å². The highest BCUT2D eigenvalue weighted by Crippen LogP contribution is 2.43. The number of carbonyl (C=O) groups excluding carboxylic acids is 2. The number of hydrogen-bond acceptors (Lipinski definition) is 5. The Hall–Kier alpha value is -4.13. The van der Waals surface area contributed by atoms with E-state index in [0.717, 1.165) is 0 Å². The molecule has 3 aromatic carbocycles. The maximum atomic E-state index is 13.9. The second-order valence-corrected chi connectivity index (χ2v) is 8.07. The smallest absolute Gasteiger partial charge is 0.300 e. The fraction of sp³-hybridized carbons (Fsp3) is 0.214. The Kier molecular flexibility index (Phi) is 6.87. The minimum absolute atomic E-state index is 0.0769. The van der Waals surface area contributed by atoms with Crippen molar-refractivity contribution in [3.8, 4) is 11.5 Å². The molecule has 1 N–H and O–H groups in total. The number of carbonyl (C=O) groups is 2. The summed E-state index contributed by atoms with van der Waals surface area (Å²) in [6.07, 6.45) is 0. The summed E-state index contributed by atoms with van der Waals surface area (Å²) in [6, 6.07) is 17.0. The molecular formula is C28H26FNO5. The average Bonchev–Trinajstić information content (AvgIpc) is 3.12. The van der Waals surface area contributed by atoms with Crippen LogP contribution in [0.2, 0.25) is 0 Å². The van der Waals surface area contributed by atoms with Crippen molar-refractivity contribution in [2.45, 2.75) is 26.8 Å². The molecule has 3 aromatic rings. The zero-order valence-corrected chi connectivity index (χ0v) is 19.7. The predicted octanol–water partition coefficient (Wildman–Crippen LogP) is 5.56. The molecule has 1 amide bonds. The van der Waals surface area contributed by atoms with Crippen LogP contribution in [0.4, 0.5) is 10.1 Å². The van der Waals surface area contributed by atoms with Gasteiger partial charge in [0.2, 0.25) is 0 Å². The van der Waals surface area contributed by atoms with Crippen LogP contribution >= 0.6 is 0 Å². The van der Waals surface area contributed by atoms with Gasteiger partial charge in [-0.2, -0.15) is 0 Å². The summed E-state index contributed by atoms with van der Waals surface area (Å²) >= 11 is 0. The lowest BCUT2D eigenvalue weighted by Gasteiger charge is -2.26. The van der Waals surface area contributed by atoms with E-state index in [1.807, 2.05) is 13.8 Å². The zero-order valence-electron chi connectivity index (χ0n) is 19.7. The van der Waals surface area contributed by atoms with Gasteiger partial charge in [0.25, 0.3) is 11.7 Å². The van der Waals surface area contributed by atoms with Crippen LogP contribution < -0.4 is 14.4 Å². The van der Waals surface area contributed by atoms with E-state index in [1.54, 1.807) is 55.5 Å². The number of rotatable bonds is 7. The lowest BCUT2D eigenvalue weighted by Crippen LogP contribution is -2.29. The molecule has 0 spiro atoms. The van der Waals surface area contributed by atoms with Gasteiger partial charge < -0.3 is 14.6 Å². The monoisotopic (exact) mass is 475 g/mol. The number of aliphatic hydroxyl groups is 1. The standard InChI is InChI=1S/C28H26FNO5/c1-4-34-21-12-9-18(10-13-21)25-24(26(31)19-11-14-23(29)17(3)15-19)27(32)28(33)30(25)20-7-6-8-22(16-20)35-5-2/h6-16,25,31H,4-5H2,1-3H3/b26-24+. The van der Waals surface area contributed by atoms with Crippen molar-refractivity contribution >= 4 is 23.1 Å². The van der Waals surface area contributed by atoms with E-state index in [0.29, 0.717) is 41.5 Å². The van der Waals surface area contributed by atoms with Gasteiger partial charge in [0.15, 0.2) is 0 Å². The van der Waals surface area contributed by atoms with E-state index in [4.69, 9.17) is 9.47 Å². The van der Waals surface area contributed by atoms with Gasteiger partial charge in [-0.15, -0.1) is 0 Å². The second-order valence-electron chi connectivity index (χ2n) is 8.07. The molecule has 0 bridgehead atoms. The number of aryl methyl sites for hydroxylation is 1. The maximum absolute atomic E-state index is 13.9. The summed E-state index contributed by atoms with van der Waals surface area (Å²) in [7, 11) is 0. The second kappa shape index (κ2) is 10.0. The Morgan fingerprint density at radius 1 is 0.943 bits per heavy atom. The molecule has 1 aliphatic heterocycles. The number of hydrogen-bond donors (Lipinski definition) is 1. The molecular weight excluding hydrogens is 449 g/mol. The predicted molar refractivity (Wildman–Crippen MR) is 131 cm³/mol. The largest absolute Gasteiger partial charge is 0.507 e. The van der Waals surface area contributed by atoms with Gasteiger partial charge in [0, 0.05) is 17.3 Å². The highest BCUT2D eigenvalue weighted by molar-refractivity contribution is 6.51. The van der Waals surface area contributed by atoms with Crippen LogP contribution in [-0.2, 0) is 9.59 Å². The van der Waals surface area contributed by atoms with Crippen LogP contribution in [0.3, 0.4) is 0 Å². The molecule has 180 valence electrons. The average molecular weight is 476 g/mol. The van der Waals surface area contributed by atoms with Crippen molar-refractivity contribution in [1.29, 1.82) is 0 Å². The third kappa shape index (κ3) is 4.62. The topological polar surface area (TPSA) is 76.1 Å². The fourth-order valence-electron chi connectivity index (χ4n) is 4.16. The van der Waals surface area contributed by atoms with Crippen molar-refractivity contribution in [3.63, 3.8) is 0 Å². The molecule has 1 saturated heterocycles. The molecule has 4 rings (SSSR count). The molecule has 0 aromatic heterocycles. The highest BCUT2D eigenvalue weighted by Gasteiger charge is 2.47.